The van der Waals surface area contributed by atoms with Crippen LogP contribution in [0.15, 0.2) is 6.20 Å². The average molecular weight is 308 g/mol. The number of halogens is 4. The number of hydrogen-bond acceptors (Lipinski definition) is 1. The van der Waals surface area contributed by atoms with Crippen LogP contribution in [-0.2, 0) is 0 Å². The van der Waals surface area contributed by atoms with E-state index in [0.29, 0.717) is 18.8 Å². The third-order valence-corrected chi connectivity index (χ3v) is 3.25. The minimum Gasteiger partial charge on any atom is -0.247 e. The standard InChI is InChI=1S/C5HCl3IN/c6-2-1-10-5(9)4(8)3(2)7/h1H. The van der Waals surface area contributed by atoms with Crippen LogP contribution >= 0.6 is 57.4 Å². The van der Waals surface area contributed by atoms with Gasteiger partial charge in [0.1, 0.15) is 3.70 Å². The fraction of sp³-hybridized carbons (Fsp3) is 0. The van der Waals surface area contributed by atoms with E-state index in [2.05, 4.69) is 4.98 Å². The van der Waals surface area contributed by atoms with Gasteiger partial charge >= 0.3 is 0 Å². The summed E-state index contributed by atoms with van der Waals surface area (Å²) in [5.41, 5.74) is 0. The van der Waals surface area contributed by atoms with Crippen LogP contribution in [0.25, 0.3) is 0 Å². The molecular weight excluding hydrogens is 307 g/mol. The van der Waals surface area contributed by atoms with Crippen molar-refractivity contribution < 1.29 is 0 Å². The molecule has 1 nitrogen and oxygen atoms in total. The summed E-state index contributed by atoms with van der Waals surface area (Å²) in [5, 5.41) is 1.16. The maximum atomic E-state index is 5.70. The lowest BCUT2D eigenvalue weighted by atomic mass is 10.5. The molecule has 0 amide bonds. The molecule has 0 unspecified atom stereocenters. The van der Waals surface area contributed by atoms with Crippen molar-refractivity contribution in [2.24, 2.45) is 0 Å². The van der Waals surface area contributed by atoms with Crippen molar-refractivity contribution >= 4 is 57.4 Å². The molecule has 0 saturated heterocycles. The Bertz CT molecular complexity index is 236. The van der Waals surface area contributed by atoms with Crippen LogP contribution in [0.4, 0.5) is 0 Å². The van der Waals surface area contributed by atoms with E-state index in [1.165, 1.54) is 6.20 Å². The van der Waals surface area contributed by atoms with Crippen LogP contribution in [0.5, 0.6) is 0 Å². The molecule has 0 aliphatic rings. The van der Waals surface area contributed by atoms with Crippen LogP contribution in [0, 0.1) is 3.70 Å². The Kier molecular flexibility index (Phi) is 3.03. The molecule has 54 valence electrons. The van der Waals surface area contributed by atoms with Crippen molar-refractivity contribution in [3.63, 3.8) is 0 Å². The van der Waals surface area contributed by atoms with Crippen molar-refractivity contribution in [3.05, 3.63) is 25.0 Å². The molecule has 1 aromatic heterocycles. The Labute approximate surface area is 86.8 Å². The Morgan fingerprint density at radius 3 is 2.30 bits per heavy atom. The Morgan fingerprint density at radius 2 is 1.80 bits per heavy atom. The largest absolute Gasteiger partial charge is 0.247 e. The molecule has 0 fully saturated rings. The molecule has 0 aliphatic heterocycles. The van der Waals surface area contributed by atoms with Gasteiger partial charge in [0.15, 0.2) is 0 Å². The molecular formula is C5HCl3IN. The second-order valence-electron chi connectivity index (χ2n) is 1.52. The summed E-state index contributed by atoms with van der Waals surface area (Å²) in [6.45, 7) is 0. The molecule has 0 bridgehead atoms. The lowest BCUT2D eigenvalue weighted by Crippen LogP contribution is -1.82. The van der Waals surface area contributed by atoms with Crippen molar-refractivity contribution in [1.29, 1.82) is 0 Å². The highest BCUT2D eigenvalue weighted by Gasteiger charge is 2.06. The average Bonchev–Trinajstić information content (AvgIpc) is 1.93. The first-order valence-electron chi connectivity index (χ1n) is 2.28. The van der Waals surface area contributed by atoms with Gasteiger partial charge in [-0.15, -0.1) is 0 Å². The zero-order chi connectivity index (χ0) is 7.72. The van der Waals surface area contributed by atoms with Crippen molar-refractivity contribution in [2.75, 3.05) is 0 Å². The second kappa shape index (κ2) is 3.43. The predicted octanol–water partition coefficient (Wildman–Crippen LogP) is 3.65. The third kappa shape index (κ3) is 1.67. The van der Waals surface area contributed by atoms with Gasteiger partial charge in [0.25, 0.3) is 0 Å². The van der Waals surface area contributed by atoms with Gasteiger partial charge in [0.2, 0.25) is 0 Å². The van der Waals surface area contributed by atoms with Crippen LogP contribution in [0.2, 0.25) is 15.1 Å². The first kappa shape index (κ1) is 8.84. The van der Waals surface area contributed by atoms with E-state index in [9.17, 15) is 0 Å². The van der Waals surface area contributed by atoms with E-state index < -0.39 is 0 Å². The summed E-state index contributed by atoms with van der Waals surface area (Å²) in [6, 6.07) is 0. The smallest absolute Gasteiger partial charge is 0.121 e. The first-order chi connectivity index (χ1) is 4.63. The number of rotatable bonds is 0. The van der Waals surface area contributed by atoms with Gasteiger partial charge in [0, 0.05) is 6.20 Å². The van der Waals surface area contributed by atoms with Crippen LogP contribution in [0.1, 0.15) is 0 Å². The van der Waals surface area contributed by atoms with Crippen LogP contribution in [-0.4, -0.2) is 4.98 Å². The van der Waals surface area contributed by atoms with Gasteiger partial charge in [-0.3, -0.25) is 0 Å². The van der Waals surface area contributed by atoms with Crippen LogP contribution < -0.4 is 0 Å². The Hall–Kier alpha value is 0.750. The van der Waals surface area contributed by atoms with E-state index in [4.69, 9.17) is 34.8 Å². The monoisotopic (exact) mass is 307 g/mol. The second-order valence-corrected chi connectivity index (χ2v) is 3.71. The maximum absolute atomic E-state index is 5.70. The van der Waals surface area contributed by atoms with Gasteiger partial charge in [-0.1, -0.05) is 34.8 Å². The van der Waals surface area contributed by atoms with Gasteiger partial charge in [-0.2, -0.15) is 0 Å². The molecule has 1 rings (SSSR count). The predicted molar refractivity (Wildman–Crippen MR) is 52.0 cm³/mol. The maximum Gasteiger partial charge on any atom is 0.121 e. The fourth-order valence-electron chi connectivity index (χ4n) is 0.422. The van der Waals surface area contributed by atoms with E-state index in [1.54, 1.807) is 0 Å². The number of nitrogens with zero attached hydrogens (tertiary/aromatic N) is 1. The van der Waals surface area contributed by atoms with Crippen molar-refractivity contribution in [3.8, 4) is 0 Å². The zero-order valence-corrected chi connectivity index (χ0v) is 8.96. The molecule has 0 atom stereocenters. The highest BCUT2D eigenvalue weighted by Crippen LogP contribution is 2.31. The molecule has 0 aromatic carbocycles. The quantitative estimate of drug-likeness (QED) is 0.527. The number of pyridine rings is 1. The van der Waals surface area contributed by atoms with E-state index in [-0.39, 0.29) is 0 Å². The summed E-state index contributed by atoms with van der Waals surface area (Å²) < 4.78 is 0.661. The normalized spacial score (nSPS) is 10.0. The van der Waals surface area contributed by atoms with Gasteiger partial charge in [-0.25, -0.2) is 4.98 Å². The highest BCUT2D eigenvalue weighted by atomic mass is 127. The van der Waals surface area contributed by atoms with Crippen molar-refractivity contribution in [2.45, 2.75) is 0 Å². The van der Waals surface area contributed by atoms with E-state index in [1.807, 2.05) is 22.6 Å². The molecule has 0 N–H and O–H groups in total. The minimum atomic E-state index is 0.364. The molecule has 5 heteroatoms. The molecule has 0 aliphatic carbocycles. The minimum absolute atomic E-state index is 0.364. The zero-order valence-electron chi connectivity index (χ0n) is 4.54. The van der Waals surface area contributed by atoms with Gasteiger partial charge < -0.3 is 0 Å². The fourth-order valence-corrected chi connectivity index (χ4v) is 1.47. The van der Waals surface area contributed by atoms with Gasteiger partial charge in [-0.05, 0) is 22.6 Å². The van der Waals surface area contributed by atoms with Crippen molar-refractivity contribution in [1.82, 2.24) is 4.98 Å². The van der Waals surface area contributed by atoms with E-state index in [0.717, 1.165) is 0 Å². The molecule has 0 radical (unpaired) electrons. The summed E-state index contributed by atoms with van der Waals surface area (Å²) >= 11 is 19.0. The summed E-state index contributed by atoms with van der Waals surface area (Å²) in [7, 11) is 0. The third-order valence-electron chi connectivity index (χ3n) is 0.875. The molecule has 10 heavy (non-hydrogen) atoms. The number of aromatic nitrogens is 1. The number of hydrogen-bond donors (Lipinski definition) is 0. The molecule has 1 heterocycles. The van der Waals surface area contributed by atoms with E-state index >= 15 is 0 Å². The summed E-state index contributed by atoms with van der Waals surface area (Å²) in [4.78, 5) is 3.88. The molecule has 1 aromatic rings. The topological polar surface area (TPSA) is 12.9 Å². The van der Waals surface area contributed by atoms with Crippen LogP contribution in [0.3, 0.4) is 0 Å². The highest BCUT2D eigenvalue weighted by molar-refractivity contribution is 14.1. The first-order valence-corrected chi connectivity index (χ1v) is 4.49. The lowest BCUT2D eigenvalue weighted by molar-refractivity contribution is 1.27. The summed E-state index contributed by atoms with van der Waals surface area (Å²) in [6.07, 6.45) is 1.47. The Balaban J connectivity index is 3.34. The molecule has 0 spiro atoms. The lowest BCUT2D eigenvalue weighted by Gasteiger charge is -1.98. The Morgan fingerprint density at radius 1 is 1.20 bits per heavy atom. The summed E-state index contributed by atoms with van der Waals surface area (Å²) in [5.74, 6) is 0. The SMILES string of the molecule is Clc1cnc(I)c(Cl)c1Cl. The molecule has 0 saturated carbocycles. The van der Waals surface area contributed by atoms with Gasteiger partial charge in [0.05, 0.1) is 15.1 Å².